The molecule has 0 aliphatic heterocycles. The summed E-state index contributed by atoms with van der Waals surface area (Å²) in [6.07, 6.45) is 1.45. The first-order chi connectivity index (χ1) is 10.7. The van der Waals surface area contributed by atoms with Crippen molar-refractivity contribution in [1.82, 2.24) is 9.55 Å². The third-order valence-corrected chi connectivity index (χ3v) is 3.20. The Bertz CT molecular complexity index is 871. The predicted octanol–water partition coefficient (Wildman–Crippen LogP) is 2.81. The molecule has 3 aromatic rings. The van der Waals surface area contributed by atoms with Crippen LogP contribution in [0.5, 0.6) is 0 Å². The van der Waals surface area contributed by atoms with Crippen LogP contribution in [0, 0.1) is 10.1 Å². The number of hydrogen-bond donors (Lipinski definition) is 0. The van der Waals surface area contributed by atoms with Crippen molar-refractivity contribution >= 4 is 5.69 Å². The Morgan fingerprint density at radius 3 is 2.27 bits per heavy atom. The van der Waals surface area contributed by atoms with Gasteiger partial charge in [0.15, 0.2) is 0 Å². The van der Waals surface area contributed by atoms with Crippen molar-refractivity contribution in [1.29, 1.82) is 0 Å². The van der Waals surface area contributed by atoms with Gasteiger partial charge in [0.05, 0.1) is 10.6 Å². The Morgan fingerprint density at radius 1 is 0.955 bits per heavy atom. The highest BCUT2D eigenvalue weighted by molar-refractivity contribution is 5.58. The van der Waals surface area contributed by atoms with Crippen molar-refractivity contribution in [2.45, 2.75) is 0 Å². The number of non-ortho nitro benzene ring substituents is 1. The van der Waals surface area contributed by atoms with E-state index in [1.165, 1.54) is 41.1 Å². The summed E-state index contributed by atoms with van der Waals surface area (Å²) in [6.45, 7) is 0. The lowest BCUT2D eigenvalue weighted by molar-refractivity contribution is -0.384. The first-order valence-electron chi connectivity index (χ1n) is 6.55. The molecule has 0 N–H and O–H groups in total. The lowest BCUT2D eigenvalue weighted by Gasteiger charge is -2.11. The smallest absolute Gasteiger partial charge is 0.269 e. The second-order valence-electron chi connectivity index (χ2n) is 4.58. The Morgan fingerprint density at radius 2 is 1.64 bits per heavy atom. The molecule has 0 fully saturated rings. The number of rotatable bonds is 3. The molecule has 0 spiro atoms. The molecular weight excluding hydrogens is 282 g/mol. The summed E-state index contributed by atoms with van der Waals surface area (Å²) in [4.78, 5) is 26.7. The summed E-state index contributed by atoms with van der Waals surface area (Å²) in [5.41, 5.74) is 1.05. The van der Waals surface area contributed by atoms with Gasteiger partial charge in [-0.2, -0.15) is 0 Å². The first kappa shape index (κ1) is 13.7. The maximum absolute atomic E-state index is 12.2. The lowest BCUT2D eigenvalue weighted by atomic mass is 10.2. The molecular formula is C16H11N3O3. The molecule has 0 amide bonds. The van der Waals surface area contributed by atoms with E-state index in [1.54, 1.807) is 0 Å². The molecule has 6 heteroatoms. The van der Waals surface area contributed by atoms with Gasteiger partial charge in [-0.05, 0) is 12.1 Å². The van der Waals surface area contributed by atoms with Gasteiger partial charge in [-0.1, -0.05) is 30.3 Å². The second-order valence-corrected chi connectivity index (χ2v) is 4.58. The molecule has 0 radical (unpaired) electrons. The van der Waals surface area contributed by atoms with Gasteiger partial charge in [-0.25, -0.2) is 4.98 Å². The van der Waals surface area contributed by atoms with Gasteiger partial charge in [-0.15, -0.1) is 0 Å². The van der Waals surface area contributed by atoms with Gasteiger partial charge >= 0.3 is 0 Å². The Balaban J connectivity index is 2.18. The standard InChI is InChI=1S/C16H11N3O3/c20-15-10-11-17-16(12-4-2-1-3-5-12)18(15)13-6-8-14(9-7-13)19(21)22/h1-11H. The molecule has 0 saturated carbocycles. The molecule has 1 heterocycles. The summed E-state index contributed by atoms with van der Waals surface area (Å²) >= 11 is 0. The van der Waals surface area contributed by atoms with E-state index in [4.69, 9.17) is 0 Å². The molecule has 0 aliphatic rings. The predicted molar refractivity (Wildman–Crippen MR) is 81.9 cm³/mol. The lowest BCUT2D eigenvalue weighted by Crippen LogP contribution is -2.20. The van der Waals surface area contributed by atoms with Crippen molar-refractivity contribution < 1.29 is 4.92 Å². The van der Waals surface area contributed by atoms with Crippen molar-refractivity contribution in [2.24, 2.45) is 0 Å². The number of nitro groups is 1. The first-order valence-corrected chi connectivity index (χ1v) is 6.55. The fourth-order valence-corrected chi connectivity index (χ4v) is 2.17. The zero-order chi connectivity index (χ0) is 15.5. The van der Waals surface area contributed by atoms with Crippen LogP contribution in [0.15, 0.2) is 71.7 Å². The van der Waals surface area contributed by atoms with Gasteiger partial charge in [0.2, 0.25) is 0 Å². The SMILES string of the molecule is O=c1ccnc(-c2ccccc2)n1-c1ccc([N+](=O)[O-])cc1. The van der Waals surface area contributed by atoms with E-state index in [-0.39, 0.29) is 11.2 Å². The Labute approximate surface area is 125 Å². The molecule has 0 unspecified atom stereocenters. The van der Waals surface area contributed by atoms with Gasteiger partial charge in [0.1, 0.15) is 5.82 Å². The maximum Gasteiger partial charge on any atom is 0.269 e. The van der Waals surface area contributed by atoms with Crippen LogP contribution in [0.1, 0.15) is 0 Å². The fourth-order valence-electron chi connectivity index (χ4n) is 2.17. The van der Waals surface area contributed by atoms with Crippen LogP contribution in [-0.2, 0) is 0 Å². The number of nitro benzene ring substituents is 1. The van der Waals surface area contributed by atoms with Crippen LogP contribution in [0.3, 0.4) is 0 Å². The third kappa shape index (κ3) is 2.49. The minimum absolute atomic E-state index is 0.0260. The van der Waals surface area contributed by atoms with E-state index in [9.17, 15) is 14.9 Å². The van der Waals surface area contributed by atoms with Gasteiger partial charge in [-0.3, -0.25) is 19.5 Å². The van der Waals surface area contributed by atoms with Gasteiger partial charge in [0.25, 0.3) is 11.2 Å². The molecule has 108 valence electrons. The highest BCUT2D eigenvalue weighted by atomic mass is 16.6. The zero-order valence-electron chi connectivity index (χ0n) is 11.4. The van der Waals surface area contributed by atoms with Gasteiger partial charge in [0, 0.05) is 30.0 Å². The Hall–Kier alpha value is -3.28. The molecule has 6 nitrogen and oxygen atoms in total. The minimum atomic E-state index is -0.478. The molecule has 0 aliphatic carbocycles. The van der Waals surface area contributed by atoms with E-state index < -0.39 is 4.92 Å². The monoisotopic (exact) mass is 293 g/mol. The average molecular weight is 293 g/mol. The van der Waals surface area contributed by atoms with Crippen molar-refractivity contribution in [3.63, 3.8) is 0 Å². The van der Waals surface area contributed by atoms with Gasteiger partial charge < -0.3 is 0 Å². The van der Waals surface area contributed by atoms with Crippen LogP contribution in [0.2, 0.25) is 0 Å². The van der Waals surface area contributed by atoms with Crippen molar-refractivity contribution in [2.75, 3.05) is 0 Å². The summed E-state index contributed by atoms with van der Waals surface area (Å²) < 4.78 is 1.43. The average Bonchev–Trinajstić information content (AvgIpc) is 2.55. The van der Waals surface area contributed by atoms with E-state index in [2.05, 4.69) is 4.98 Å². The van der Waals surface area contributed by atoms with Crippen LogP contribution < -0.4 is 5.56 Å². The fraction of sp³-hybridized carbons (Fsp3) is 0. The van der Waals surface area contributed by atoms with E-state index in [0.29, 0.717) is 11.5 Å². The summed E-state index contributed by atoms with van der Waals surface area (Å²) in [7, 11) is 0. The topological polar surface area (TPSA) is 78.0 Å². The second kappa shape index (κ2) is 5.61. The number of benzene rings is 2. The number of aromatic nitrogens is 2. The number of hydrogen-bond acceptors (Lipinski definition) is 4. The largest absolute Gasteiger partial charge is 0.269 e. The quantitative estimate of drug-likeness (QED) is 0.549. The Kier molecular flexibility index (Phi) is 3.49. The number of nitrogens with zero attached hydrogens (tertiary/aromatic N) is 3. The summed E-state index contributed by atoms with van der Waals surface area (Å²) in [6, 6.07) is 16.4. The highest BCUT2D eigenvalue weighted by Crippen LogP contribution is 2.20. The maximum atomic E-state index is 12.2. The van der Waals surface area contributed by atoms with E-state index in [0.717, 1.165) is 5.56 Å². The molecule has 0 atom stereocenters. The van der Waals surface area contributed by atoms with Crippen LogP contribution >= 0.6 is 0 Å². The van der Waals surface area contributed by atoms with Crippen molar-refractivity contribution in [3.8, 4) is 17.1 Å². The highest BCUT2D eigenvalue weighted by Gasteiger charge is 2.11. The van der Waals surface area contributed by atoms with E-state index in [1.807, 2.05) is 30.3 Å². The summed E-state index contributed by atoms with van der Waals surface area (Å²) in [5, 5.41) is 10.7. The van der Waals surface area contributed by atoms with Crippen LogP contribution in [0.25, 0.3) is 17.1 Å². The molecule has 2 aromatic carbocycles. The van der Waals surface area contributed by atoms with E-state index >= 15 is 0 Å². The molecule has 22 heavy (non-hydrogen) atoms. The van der Waals surface area contributed by atoms with Crippen molar-refractivity contribution in [3.05, 3.63) is 87.3 Å². The zero-order valence-corrected chi connectivity index (χ0v) is 11.4. The molecule has 0 saturated heterocycles. The van der Waals surface area contributed by atoms with Crippen LogP contribution in [-0.4, -0.2) is 14.5 Å². The molecule has 0 bridgehead atoms. The summed E-state index contributed by atoms with van der Waals surface area (Å²) in [5.74, 6) is 0.488. The normalized spacial score (nSPS) is 10.4. The minimum Gasteiger partial charge on any atom is -0.269 e. The molecule has 1 aromatic heterocycles. The molecule has 3 rings (SSSR count). The third-order valence-electron chi connectivity index (χ3n) is 3.20. The van der Waals surface area contributed by atoms with Crippen LogP contribution in [0.4, 0.5) is 5.69 Å².